The van der Waals surface area contributed by atoms with Gasteiger partial charge in [0.1, 0.15) is 12.2 Å². The van der Waals surface area contributed by atoms with Gasteiger partial charge in [0.2, 0.25) is 0 Å². The molecule has 120 valence electrons. The van der Waals surface area contributed by atoms with E-state index in [0.717, 1.165) is 38.4 Å². The van der Waals surface area contributed by atoms with E-state index >= 15 is 0 Å². The van der Waals surface area contributed by atoms with Gasteiger partial charge in [-0.05, 0) is 39.2 Å². The molecule has 1 fully saturated rings. The quantitative estimate of drug-likeness (QED) is 0.875. The maximum absolute atomic E-state index is 4.48. The van der Waals surface area contributed by atoms with E-state index in [9.17, 15) is 0 Å². The van der Waals surface area contributed by atoms with Crippen molar-refractivity contribution in [2.45, 2.75) is 78.0 Å². The highest BCUT2D eigenvalue weighted by Gasteiger charge is 2.33. The summed E-state index contributed by atoms with van der Waals surface area (Å²) in [6.45, 7) is 13.2. The van der Waals surface area contributed by atoms with Gasteiger partial charge in [0.05, 0.1) is 6.54 Å². The van der Waals surface area contributed by atoms with Gasteiger partial charge in [0, 0.05) is 24.7 Å². The SMILES string of the molecule is CCCn1ncnc1CN1CC(CC)(CC)NCCC1C. The summed E-state index contributed by atoms with van der Waals surface area (Å²) in [5, 5.41) is 8.15. The topological polar surface area (TPSA) is 46.0 Å². The summed E-state index contributed by atoms with van der Waals surface area (Å²) < 4.78 is 2.06. The zero-order chi connectivity index (χ0) is 15.3. The van der Waals surface area contributed by atoms with Crippen LogP contribution in [0.2, 0.25) is 0 Å². The molecule has 21 heavy (non-hydrogen) atoms. The molecule has 1 aliphatic rings. The minimum atomic E-state index is 0.250. The Kier molecular flexibility index (Phi) is 5.76. The second kappa shape index (κ2) is 7.36. The van der Waals surface area contributed by atoms with Gasteiger partial charge in [-0.3, -0.25) is 4.90 Å². The molecule has 0 radical (unpaired) electrons. The largest absolute Gasteiger partial charge is 0.310 e. The monoisotopic (exact) mass is 293 g/mol. The summed E-state index contributed by atoms with van der Waals surface area (Å²) in [6, 6.07) is 0.587. The number of aromatic nitrogens is 3. The molecular formula is C16H31N5. The first-order valence-corrected chi connectivity index (χ1v) is 8.50. The Morgan fingerprint density at radius 3 is 2.76 bits per heavy atom. The van der Waals surface area contributed by atoms with E-state index < -0.39 is 0 Å². The summed E-state index contributed by atoms with van der Waals surface area (Å²) in [4.78, 5) is 7.07. The predicted molar refractivity (Wildman–Crippen MR) is 86.1 cm³/mol. The third-order valence-corrected chi connectivity index (χ3v) is 5.02. The molecule has 1 atom stereocenters. The predicted octanol–water partition coefficient (Wildman–Crippen LogP) is 2.43. The molecule has 1 saturated heterocycles. The lowest BCUT2D eigenvalue weighted by atomic mass is 9.92. The zero-order valence-corrected chi connectivity index (χ0v) is 14.1. The van der Waals surface area contributed by atoms with Crippen LogP contribution in [0.3, 0.4) is 0 Å². The molecule has 2 rings (SSSR count). The Labute approximate surface area is 129 Å². The first-order chi connectivity index (χ1) is 10.1. The Morgan fingerprint density at radius 1 is 1.33 bits per heavy atom. The Hall–Kier alpha value is -0.940. The van der Waals surface area contributed by atoms with Gasteiger partial charge in [0.15, 0.2) is 0 Å². The van der Waals surface area contributed by atoms with E-state index in [-0.39, 0.29) is 5.54 Å². The van der Waals surface area contributed by atoms with E-state index in [1.54, 1.807) is 6.33 Å². The summed E-state index contributed by atoms with van der Waals surface area (Å²) in [5.74, 6) is 1.10. The molecule has 0 amide bonds. The van der Waals surface area contributed by atoms with E-state index in [4.69, 9.17) is 0 Å². The second-order valence-corrected chi connectivity index (χ2v) is 6.36. The molecule has 5 nitrogen and oxygen atoms in total. The molecule has 2 heterocycles. The highest BCUT2D eigenvalue weighted by molar-refractivity contribution is 4.95. The molecule has 0 spiro atoms. The molecule has 0 saturated carbocycles. The van der Waals surface area contributed by atoms with Crippen LogP contribution < -0.4 is 5.32 Å². The van der Waals surface area contributed by atoms with Gasteiger partial charge in [0.25, 0.3) is 0 Å². The van der Waals surface area contributed by atoms with Gasteiger partial charge in [-0.1, -0.05) is 20.8 Å². The van der Waals surface area contributed by atoms with Crippen molar-refractivity contribution in [1.82, 2.24) is 25.0 Å². The maximum Gasteiger partial charge on any atom is 0.141 e. The van der Waals surface area contributed by atoms with Crippen molar-refractivity contribution in [2.75, 3.05) is 13.1 Å². The molecule has 1 N–H and O–H groups in total. The highest BCUT2D eigenvalue weighted by Crippen LogP contribution is 2.23. The van der Waals surface area contributed by atoms with Crippen LogP contribution in [-0.2, 0) is 13.1 Å². The fourth-order valence-electron chi connectivity index (χ4n) is 3.26. The summed E-state index contributed by atoms with van der Waals surface area (Å²) in [6.07, 6.45) is 6.34. The van der Waals surface area contributed by atoms with E-state index in [1.165, 1.54) is 19.3 Å². The number of hydrogen-bond donors (Lipinski definition) is 1. The lowest BCUT2D eigenvalue weighted by Crippen LogP contribution is -2.51. The van der Waals surface area contributed by atoms with Crippen LogP contribution >= 0.6 is 0 Å². The van der Waals surface area contributed by atoms with Crippen molar-refractivity contribution in [1.29, 1.82) is 0 Å². The van der Waals surface area contributed by atoms with Crippen LogP contribution in [-0.4, -0.2) is 44.3 Å². The number of hydrogen-bond acceptors (Lipinski definition) is 4. The maximum atomic E-state index is 4.48. The number of aryl methyl sites for hydroxylation is 1. The highest BCUT2D eigenvalue weighted by atomic mass is 15.4. The first-order valence-electron chi connectivity index (χ1n) is 8.50. The van der Waals surface area contributed by atoms with Crippen molar-refractivity contribution in [2.24, 2.45) is 0 Å². The lowest BCUT2D eigenvalue weighted by molar-refractivity contribution is 0.146. The summed E-state index contributed by atoms with van der Waals surface area (Å²) >= 11 is 0. The number of nitrogens with zero attached hydrogens (tertiary/aromatic N) is 4. The fourth-order valence-corrected chi connectivity index (χ4v) is 3.26. The van der Waals surface area contributed by atoms with Gasteiger partial charge in [-0.25, -0.2) is 9.67 Å². The van der Waals surface area contributed by atoms with Crippen molar-refractivity contribution in [3.05, 3.63) is 12.2 Å². The van der Waals surface area contributed by atoms with Crippen LogP contribution in [0.5, 0.6) is 0 Å². The molecule has 1 aromatic rings. The molecule has 1 aliphatic heterocycles. The average molecular weight is 293 g/mol. The molecule has 0 aliphatic carbocycles. The third-order valence-electron chi connectivity index (χ3n) is 5.02. The van der Waals surface area contributed by atoms with Crippen LogP contribution in [0.25, 0.3) is 0 Å². The summed E-state index contributed by atoms with van der Waals surface area (Å²) in [5.41, 5.74) is 0.250. The van der Waals surface area contributed by atoms with Crippen molar-refractivity contribution in [3.8, 4) is 0 Å². The van der Waals surface area contributed by atoms with E-state index in [1.807, 2.05) is 0 Å². The van der Waals surface area contributed by atoms with E-state index in [0.29, 0.717) is 6.04 Å². The second-order valence-electron chi connectivity index (χ2n) is 6.36. The Balaban J connectivity index is 2.13. The Bertz CT molecular complexity index is 424. The molecule has 0 aromatic carbocycles. The fraction of sp³-hybridized carbons (Fsp3) is 0.875. The standard InChI is InChI=1S/C16H31N5/c1-5-10-21-15(17-13-19-21)11-20-12-16(6-2,7-3)18-9-8-14(20)4/h13-14,18H,5-12H2,1-4H3. The van der Waals surface area contributed by atoms with Crippen LogP contribution in [0.15, 0.2) is 6.33 Å². The van der Waals surface area contributed by atoms with Crippen LogP contribution in [0.4, 0.5) is 0 Å². The summed E-state index contributed by atoms with van der Waals surface area (Å²) in [7, 11) is 0. The van der Waals surface area contributed by atoms with Gasteiger partial charge in [-0.15, -0.1) is 0 Å². The van der Waals surface area contributed by atoms with Gasteiger partial charge >= 0.3 is 0 Å². The van der Waals surface area contributed by atoms with Crippen LogP contribution in [0.1, 0.15) is 59.2 Å². The van der Waals surface area contributed by atoms with Gasteiger partial charge < -0.3 is 5.32 Å². The third kappa shape index (κ3) is 3.83. The molecule has 5 heteroatoms. The number of rotatable bonds is 6. The average Bonchev–Trinajstić information content (AvgIpc) is 2.85. The van der Waals surface area contributed by atoms with Crippen LogP contribution in [0, 0.1) is 0 Å². The van der Waals surface area contributed by atoms with Crippen molar-refractivity contribution >= 4 is 0 Å². The van der Waals surface area contributed by atoms with Gasteiger partial charge in [-0.2, -0.15) is 5.10 Å². The molecule has 1 unspecified atom stereocenters. The smallest absolute Gasteiger partial charge is 0.141 e. The minimum absolute atomic E-state index is 0.250. The van der Waals surface area contributed by atoms with E-state index in [2.05, 4.69) is 52.7 Å². The normalized spacial score (nSPS) is 23.1. The first kappa shape index (κ1) is 16.4. The lowest BCUT2D eigenvalue weighted by Gasteiger charge is -2.36. The minimum Gasteiger partial charge on any atom is -0.310 e. The van der Waals surface area contributed by atoms with Crippen molar-refractivity contribution in [3.63, 3.8) is 0 Å². The zero-order valence-electron chi connectivity index (χ0n) is 14.1. The van der Waals surface area contributed by atoms with Crippen molar-refractivity contribution < 1.29 is 0 Å². The molecular weight excluding hydrogens is 262 g/mol. The molecule has 1 aromatic heterocycles. The Morgan fingerprint density at radius 2 is 2.10 bits per heavy atom. The molecule has 0 bridgehead atoms. The number of nitrogens with one attached hydrogen (secondary N) is 1.